The van der Waals surface area contributed by atoms with Gasteiger partial charge >= 0.3 is 0 Å². The summed E-state index contributed by atoms with van der Waals surface area (Å²) < 4.78 is 0. The molecule has 1 N–H and O–H groups in total. The van der Waals surface area contributed by atoms with E-state index in [2.05, 4.69) is 4.98 Å². The summed E-state index contributed by atoms with van der Waals surface area (Å²) >= 11 is 1.55. The number of pyridine rings is 1. The molecule has 0 saturated carbocycles. The number of phenols is 1. The SMILES string of the molecule is Oc1ccccc1Sc1ccnc2ccccc12. The zero-order valence-corrected chi connectivity index (χ0v) is 10.4. The van der Waals surface area contributed by atoms with Crippen LogP contribution < -0.4 is 0 Å². The fourth-order valence-corrected chi connectivity index (χ4v) is 2.79. The fraction of sp³-hybridized carbons (Fsp3) is 0. The van der Waals surface area contributed by atoms with E-state index in [4.69, 9.17) is 0 Å². The summed E-state index contributed by atoms with van der Waals surface area (Å²) in [5.74, 6) is 0.309. The molecule has 0 aliphatic heterocycles. The Bertz CT molecular complexity index is 691. The number of hydrogen-bond donors (Lipinski definition) is 1. The zero-order valence-electron chi connectivity index (χ0n) is 9.58. The third-order valence-electron chi connectivity index (χ3n) is 2.69. The number of fused-ring (bicyclic) bond motifs is 1. The summed E-state index contributed by atoms with van der Waals surface area (Å²) in [7, 11) is 0. The smallest absolute Gasteiger partial charge is 0.129 e. The van der Waals surface area contributed by atoms with Crippen molar-refractivity contribution in [2.75, 3.05) is 0 Å². The molecule has 18 heavy (non-hydrogen) atoms. The van der Waals surface area contributed by atoms with E-state index in [9.17, 15) is 5.11 Å². The fourth-order valence-electron chi connectivity index (χ4n) is 1.82. The van der Waals surface area contributed by atoms with Crippen LogP contribution in [0.1, 0.15) is 0 Å². The maximum absolute atomic E-state index is 9.81. The Hall–Kier alpha value is -2.00. The molecule has 2 nitrogen and oxygen atoms in total. The molecule has 1 heterocycles. The van der Waals surface area contributed by atoms with Crippen LogP contribution in [0.2, 0.25) is 0 Å². The topological polar surface area (TPSA) is 33.1 Å². The van der Waals surface area contributed by atoms with Crippen LogP contribution >= 0.6 is 11.8 Å². The van der Waals surface area contributed by atoms with Gasteiger partial charge in [-0.1, -0.05) is 42.1 Å². The average molecular weight is 253 g/mol. The molecule has 0 unspecified atom stereocenters. The summed E-state index contributed by atoms with van der Waals surface area (Å²) in [6.45, 7) is 0. The van der Waals surface area contributed by atoms with Gasteiger partial charge in [0.2, 0.25) is 0 Å². The lowest BCUT2D eigenvalue weighted by Gasteiger charge is -2.06. The Balaban J connectivity index is 2.08. The van der Waals surface area contributed by atoms with Gasteiger partial charge in [0.1, 0.15) is 5.75 Å². The van der Waals surface area contributed by atoms with Crippen molar-refractivity contribution in [3.8, 4) is 5.75 Å². The van der Waals surface area contributed by atoms with Crippen LogP contribution in [0.4, 0.5) is 0 Å². The van der Waals surface area contributed by atoms with E-state index in [1.807, 2.05) is 48.5 Å². The second-order valence-electron chi connectivity index (χ2n) is 3.90. The molecule has 3 heteroatoms. The van der Waals surface area contributed by atoms with E-state index >= 15 is 0 Å². The van der Waals surface area contributed by atoms with Crippen LogP contribution in [0.3, 0.4) is 0 Å². The quantitative estimate of drug-likeness (QED) is 0.746. The maximum Gasteiger partial charge on any atom is 0.129 e. The molecule has 0 radical (unpaired) electrons. The molecule has 0 fully saturated rings. The molecule has 3 rings (SSSR count). The minimum Gasteiger partial charge on any atom is -0.507 e. The van der Waals surface area contributed by atoms with Crippen LogP contribution in [0, 0.1) is 0 Å². The van der Waals surface area contributed by atoms with Gasteiger partial charge < -0.3 is 5.11 Å². The van der Waals surface area contributed by atoms with E-state index in [0.717, 1.165) is 20.7 Å². The van der Waals surface area contributed by atoms with Crippen LogP contribution in [0.15, 0.2) is 70.6 Å². The molecule has 0 saturated heterocycles. The highest BCUT2D eigenvalue weighted by Gasteiger charge is 2.06. The highest BCUT2D eigenvalue weighted by atomic mass is 32.2. The monoisotopic (exact) mass is 253 g/mol. The molecule has 88 valence electrons. The van der Waals surface area contributed by atoms with E-state index in [-0.39, 0.29) is 0 Å². The van der Waals surface area contributed by atoms with Crippen molar-refractivity contribution < 1.29 is 5.11 Å². The first-order valence-corrected chi connectivity index (χ1v) is 6.46. The second-order valence-corrected chi connectivity index (χ2v) is 4.98. The normalized spacial score (nSPS) is 10.7. The van der Waals surface area contributed by atoms with Crippen molar-refractivity contribution in [1.29, 1.82) is 0 Å². The first-order valence-electron chi connectivity index (χ1n) is 5.64. The van der Waals surface area contributed by atoms with Gasteiger partial charge in [0.25, 0.3) is 0 Å². The van der Waals surface area contributed by atoms with Gasteiger partial charge in [-0.15, -0.1) is 0 Å². The van der Waals surface area contributed by atoms with Crippen LogP contribution in [-0.2, 0) is 0 Å². The van der Waals surface area contributed by atoms with E-state index in [1.54, 1.807) is 24.0 Å². The van der Waals surface area contributed by atoms with Gasteiger partial charge in [-0.3, -0.25) is 4.98 Å². The van der Waals surface area contributed by atoms with Crippen molar-refractivity contribution in [3.05, 3.63) is 60.8 Å². The first kappa shape index (κ1) is 11.1. The minimum absolute atomic E-state index is 0.309. The standard InChI is InChI=1S/C15H11NOS/c17-13-7-3-4-8-15(13)18-14-9-10-16-12-6-2-1-5-11(12)14/h1-10,17H. The summed E-state index contributed by atoms with van der Waals surface area (Å²) in [6.07, 6.45) is 1.80. The first-order chi connectivity index (χ1) is 8.84. The molecule has 3 aromatic rings. The molecular weight excluding hydrogens is 242 g/mol. The minimum atomic E-state index is 0.309. The molecule has 2 aromatic carbocycles. The molecule has 0 bridgehead atoms. The highest BCUT2D eigenvalue weighted by molar-refractivity contribution is 7.99. The lowest BCUT2D eigenvalue weighted by Crippen LogP contribution is -1.81. The van der Waals surface area contributed by atoms with Crippen molar-refractivity contribution in [2.45, 2.75) is 9.79 Å². The molecule has 0 spiro atoms. The predicted octanol–water partition coefficient (Wildman–Crippen LogP) is 4.09. The van der Waals surface area contributed by atoms with Crippen LogP contribution in [0.25, 0.3) is 10.9 Å². The van der Waals surface area contributed by atoms with Crippen molar-refractivity contribution in [3.63, 3.8) is 0 Å². The van der Waals surface area contributed by atoms with Gasteiger partial charge in [-0.05, 0) is 24.3 Å². The Kier molecular flexibility index (Phi) is 2.90. The lowest BCUT2D eigenvalue weighted by atomic mass is 10.2. The van der Waals surface area contributed by atoms with E-state index in [1.165, 1.54) is 0 Å². The predicted molar refractivity (Wildman–Crippen MR) is 74.0 cm³/mol. The van der Waals surface area contributed by atoms with Gasteiger partial charge in [0.15, 0.2) is 0 Å². The van der Waals surface area contributed by atoms with Gasteiger partial charge in [0, 0.05) is 16.5 Å². The molecule has 0 aliphatic carbocycles. The second kappa shape index (κ2) is 4.70. The summed E-state index contributed by atoms with van der Waals surface area (Å²) in [5, 5.41) is 10.9. The number of benzene rings is 2. The molecule has 0 atom stereocenters. The van der Waals surface area contributed by atoms with Gasteiger partial charge in [-0.2, -0.15) is 0 Å². The van der Waals surface area contributed by atoms with Crippen molar-refractivity contribution in [1.82, 2.24) is 4.98 Å². The molecule has 1 aromatic heterocycles. The molecular formula is C15H11NOS. The van der Waals surface area contributed by atoms with Crippen LogP contribution in [0.5, 0.6) is 5.75 Å². The molecule has 0 amide bonds. The largest absolute Gasteiger partial charge is 0.507 e. The van der Waals surface area contributed by atoms with Crippen LogP contribution in [-0.4, -0.2) is 10.1 Å². The summed E-state index contributed by atoms with van der Waals surface area (Å²) in [4.78, 5) is 6.28. The third kappa shape index (κ3) is 2.05. The summed E-state index contributed by atoms with van der Waals surface area (Å²) in [6, 6.07) is 17.3. The van der Waals surface area contributed by atoms with Crippen molar-refractivity contribution >= 4 is 22.7 Å². The highest BCUT2D eigenvalue weighted by Crippen LogP contribution is 2.36. The average Bonchev–Trinajstić information content (AvgIpc) is 2.42. The number of phenolic OH excluding ortho intramolecular Hbond substituents is 1. The maximum atomic E-state index is 9.81. The van der Waals surface area contributed by atoms with E-state index in [0.29, 0.717) is 5.75 Å². The number of hydrogen-bond acceptors (Lipinski definition) is 3. The van der Waals surface area contributed by atoms with Gasteiger partial charge in [-0.25, -0.2) is 0 Å². The zero-order chi connectivity index (χ0) is 12.4. The number of rotatable bonds is 2. The number of nitrogens with zero attached hydrogens (tertiary/aromatic N) is 1. The molecule has 0 aliphatic rings. The summed E-state index contributed by atoms with van der Waals surface area (Å²) in [5.41, 5.74) is 0.970. The third-order valence-corrected chi connectivity index (χ3v) is 3.84. The Morgan fingerprint density at radius 1 is 0.833 bits per heavy atom. The lowest BCUT2D eigenvalue weighted by molar-refractivity contribution is 0.462. The number of aromatic hydroxyl groups is 1. The van der Waals surface area contributed by atoms with Gasteiger partial charge in [0.05, 0.1) is 10.4 Å². The number of para-hydroxylation sites is 2. The Morgan fingerprint density at radius 2 is 1.61 bits per heavy atom. The number of aromatic nitrogens is 1. The van der Waals surface area contributed by atoms with Crippen molar-refractivity contribution in [2.24, 2.45) is 0 Å². The Labute approximate surface area is 109 Å². The van der Waals surface area contributed by atoms with E-state index < -0.39 is 0 Å². The Morgan fingerprint density at radius 3 is 2.50 bits per heavy atom.